The summed E-state index contributed by atoms with van der Waals surface area (Å²) in [4.78, 5) is 2.93. The molecule has 0 fully saturated rings. The van der Waals surface area contributed by atoms with Crippen molar-refractivity contribution in [3.63, 3.8) is 0 Å². The average Bonchev–Trinajstić information content (AvgIpc) is 2.32. The molecule has 0 N–H and O–H groups in total. The minimum absolute atomic E-state index is 0.901. The Bertz CT molecular complexity index is 568. The number of hydrogen-bond donors (Lipinski definition) is 0. The van der Waals surface area contributed by atoms with Crippen LogP contribution in [0.1, 0.15) is 16.7 Å². The molecule has 0 aromatic heterocycles. The number of benzene rings is 2. The summed E-state index contributed by atoms with van der Waals surface area (Å²) in [5.74, 6) is 0. The van der Waals surface area contributed by atoms with E-state index in [9.17, 15) is 0 Å². The molecule has 0 amide bonds. The summed E-state index contributed by atoms with van der Waals surface area (Å²) < 4.78 is 0. The molecule has 0 saturated heterocycles. The molecular formula is C17H22S. The Morgan fingerprint density at radius 1 is 0.722 bits per heavy atom. The highest BCUT2D eigenvalue weighted by atomic mass is 32.3. The lowest BCUT2D eigenvalue weighted by atomic mass is 10.1. The molecule has 0 aliphatic carbocycles. The monoisotopic (exact) mass is 258 g/mol. The molecule has 2 aromatic carbocycles. The van der Waals surface area contributed by atoms with E-state index in [1.54, 1.807) is 0 Å². The van der Waals surface area contributed by atoms with E-state index in [-0.39, 0.29) is 0 Å². The van der Waals surface area contributed by atoms with Gasteiger partial charge in [0.05, 0.1) is 0 Å². The van der Waals surface area contributed by atoms with Gasteiger partial charge in [-0.05, 0) is 78.5 Å². The average molecular weight is 258 g/mol. The molecule has 0 bridgehead atoms. The SMILES string of the molecule is Cc1cccc(S(C)(C)c2ccc(C)c(C)c2)c1. The van der Waals surface area contributed by atoms with E-state index < -0.39 is 10.0 Å². The summed E-state index contributed by atoms with van der Waals surface area (Å²) in [6, 6.07) is 15.8. The van der Waals surface area contributed by atoms with E-state index >= 15 is 0 Å². The second-order valence-electron chi connectivity index (χ2n) is 5.39. The van der Waals surface area contributed by atoms with Crippen molar-refractivity contribution in [2.24, 2.45) is 0 Å². The summed E-state index contributed by atoms with van der Waals surface area (Å²) in [5, 5.41) is 0. The van der Waals surface area contributed by atoms with Crippen LogP contribution in [0.2, 0.25) is 0 Å². The molecule has 0 atom stereocenters. The molecule has 0 unspecified atom stereocenters. The molecule has 0 aliphatic heterocycles. The maximum Gasteiger partial charge on any atom is -0.00613 e. The second-order valence-corrected chi connectivity index (χ2v) is 8.99. The topological polar surface area (TPSA) is 0 Å². The van der Waals surface area contributed by atoms with E-state index in [0.29, 0.717) is 0 Å². The molecule has 2 aromatic rings. The van der Waals surface area contributed by atoms with E-state index in [2.05, 4.69) is 75.7 Å². The predicted molar refractivity (Wildman–Crippen MR) is 83.1 cm³/mol. The first-order valence-electron chi connectivity index (χ1n) is 6.28. The fraction of sp³-hybridized carbons (Fsp3) is 0.294. The number of aryl methyl sites for hydroxylation is 3. The Hall–Kier alpha value is -1.21. The van der Waals surface area contributed by atoms with E-state index in [1.165, 1.54) is 26.5 Å². The van der Waals surface area contributed by atoms with Crippen molar-refractivity contribution < 1.29 is 0 Å². The molecule has 18 heavy (non-hydrogen) atoms. The summed E-state index contributed by atoms with van der Waals surface area (Å²) in [7, 11) is -0.901. The van der Waals surface area contributed by atoms with Gasteiger partial charge in [0.25, 0.3) is 0 Å². The zero-order valence-electron chi connectivity index (χ0n) is 11.9. The maximum atomic E-state index is 2.38. The Morgan fingerprint density at radius 2 is 1.39 bits per heavy atom. The van der Waals surface area contributed by atoms with Crippen LogP contribution in [0.15, 0.2) is 52.3 Å². The summed E-state index contributed by atoms with van der Waals surface area (Å²) >= 11 is 0. The van der Waals surface area contributed by atoms with Gasteiger partial charge in [0, 0.05) is 0 Å². The van der Waals surface area contributed by atoms with Gasteiger partial charge in [0.2, 0.25) is 0 Å². The Morgan fingerprint density at radius 3 is 2.00 bits per heavy atom. The third kappa shape index (κ3) is 2.46. The van der Waals surface area contributed by atoms with E-state index in [4.69, 9.17) is 0 Å². The molecule has 0 nitrogen and oxygen atoms in total. The van der Waals surface area contributed by atoms with Crippen molar-refractivity contribution in [1.82, 2.24) is 0 Å². The van der Waals surface area contributed by atoms with Crippen LogP contribution in [-0.4, -0.2) is 12.5 Å². The van der Waals surface area contributed by atoms with E-state index in [1.807, 2.05) is 0 Å². The van der Waals surface area contributed by atoms with Crippen LogP contribution in [0.3, 0.4) is 0 Å². The molecule has 0 aliphatic rings. The highest BCUT2D eigenvalue weighted by Gasteiger charge is 2.17. The van der Waals surface area contributed by atoms with Crippen molar-refractivity contribution in [1.29, 1.82) is 0 Å². The fourth-order valence-corrected chi connectivity index (χ4v) is 4.15. The Kier molecular flexibility index (Phi) is 3.54. The van der Waals surface area contributed by atoms with Gasteiger partial charge in [-0.1, -0.05) is 23.8 Å². The van der Waals surface area contributed by atoms with Crippen LogP contribution in [0.4, 0.5) is 0 Å². The first-order chi connectivity index (χ1) is 8.41. The van der Waals surface area contributed by atoms with Crippen molar-refractivity contribution in [2.45, 2.75) is 30.6 Å². The lowest BCUT2D eigenvalue weighted by Crippen LogP contribution is -1.99. The minimum Gasteiger partial charge on any atom is -0.194 e. The largest absolute Gasteiger partial charge is 0.194 e. The Balaban J connectivity index is 2.50. The lowest BCUT2D eigenvalue weighted by molar-refractivity contribution is 1.25. The summed E-state index contributed by atoms with van der Waals surface area (Å²) in [6.07, 6.45) is 4.76. The molecule has 0 heterocycles. The zero-order chi connectivity index (χ0) is 13.3. The van der Waals surface area contributed by atoms with Crippen molar-refractivity contribution in [2.75, 3.05) is 12.5 Å². The van der Waals surface area contributed by atoms with Gasteiger partial charge in [0.15, 0.2) is 0 Å². The number of rotatable bonds is 2. The standard InChI is InChI=1S/C17H22S/c1-13-7-6-8-16(11-13)18(4,5)17-10-9-14(2)15(3)12-17/h6-12H,1-5H3. The first-order valence-corrected chi connectivity index (χ1v) is 8.73. The number of hydrogen-bond acceptors (Lipinski definition) is 0. The summed E-state index contributed by atoms with van der Waals surface area (Å²) in [5.41, 5.74) is 4.11. The molecule has 0 saturated carbocycles. The quantitative estimate of drug-likeness (QED) is 0.703. The normalized spacial score (nSPS) is 12.5. The molecule has 96 valence electrons. The maximum absolute atomic E-state index is 2.38. The molecule has 1 heteroatoms. The third-order valence-corrected chi connectivity index (χ3v) is 6.51. The van der Waals surface area contributed by atoms with Crippen LogP contribution in [0.25, 0.3) is 0 Å². The smallest absolute Gasteiger partial charge is 0.00613 e. The predicted octanol–water partition coefficient (Wildman–Crippen LogP) is 5.09. The molecule has 0 radical (unpaired) electrons. The highest BCUT2D eigenvalue weighted by Crippen LogP contribution is 2.56. The first kappa shape index (κ1) is 13.2. The van der Waals surface area contributed by atoms with Gasteiger partial charge in [0.1, 0.15) is 0 Å². The van der Waals surface area contributed by atoms with Gasteiger partial charge in [-0.25, -0.2) is 0 Å². The van der Waals surface area contributed by atoms with E-state index in [0.717, 1.165) is 0 Å². The summed E-state index contributed by atoms with van der Waals surface area (Å²) in [6.45, 7) is 6.54. The van der Waals surface area contributed by atoms with Crippen LogP contribution >= 0.6 is 10.0 Å². The van der Waals surface area contributed by atoms with Crippen molar-refractivity contribution >= 4 is 10.0 Å². The third-order valence-electron chi connectivity index (χ3n) is 3.65. The molecule has 0 spiro atoms. The van der Waals surface area contributed by atoms with Gasteiger partial charge in [-0.3, -0.25) is 0 Å². The molecule has 2 rings (SSSR count). The van der Waals surface area contributed by atoms with Crippen LogP contribution in [-0.2, 0) is 0 Å². The molecular weight excluding hydrogens is 236 g/mol. The minimum atomic E-state index is -0.901. The van der Waals surface area contributed by atoms with Gasteiger partial charge >= 0.3 is 0 Å². The van der Waals surface area contributed by atoms with Crippen molar-refractivity contribution in [3.8, 4) is 0 Å². The fourth-order valence-electron chi connectivity index (χ4n) is 2.10. The Labute approximate surface area is 112 Å². The second kappa shape index (κ2) is 4.81. The van der Waals surface area contributed by atoms with Crippen LogP contribution < -0.4 is 0 Å². The van der Waals surface area contributed by atoms with Gasteiger partial charge < -0.3 is 0 Å². The van der Waals surface area contributed by atoms with Crippen molar-refractivity contribution in [3.05, 3.63) is 59.2 Å². The van der Waals surface area contributed by atoms with Gasteiger partial charge in [-0.15, -0.1) is 0 Å². The van der Waals surface area contributed by atoms with Crippen LogP contribution in [0.5, 0.6) is 0 Å². The zero-order valence-corrected chi connectivity index (χ0v) is 12.8. The van der Waals surface area contributed by atoms with Gasteiger partial charge in [-0.2, -0.15) is 10.0 Å². The van der Waals surface area contributed by atoms with Crippen LogP contribution in [0, 0.1) is 20.8 Å². The lowest BCUT2D eigenvalue weighted by Gasteiger charge is -2.33. The highest BCUT2D eigenvalue weighted by molar-refractivity contribution is 8.32.